The average Bonchev–Trinajstić information content (AvgIpc) is 2.82. The number of aryl methyl sites for hydroxylation is 1. The third-order valence-corrected chi connectivity index (χ3v) is 5.94. The van der Waals surface area contributed by atoms with Crippen LogP contribution >= 0.6 is 11.3 Å². The Labute approximate surface area is 147 Å². The highest BCUT2D eigenvalue weighted by atomic mass is 32.1. The topological polar surface area (TPSA) is 82.5 Å². The lowest BCUT2D eigenvalue weighted by molar-refractivity contribution is -0.139. The molecule has 24 heavy (non-hydrogen) atoms. The van der Waals surface area contributed by atoms with E-state index in [0.29, 0.717) is 11.4 Å². The standard InChI is InChI=1S/C17H27N3O3S/c1-6-20(9-13(21)22)12-7-11(8-12)19-15(23)14-10(2)18-16(24-14)17(3,4)5/h11-12H,6-9H2,1-5H3,(H,19,23)(H,21,22). The van der Waals surface area contributed by atoms with Crippen LogP contribution in [-0.4, -0.2) is 52.0 Å². The third-order valence-electron chi connectivity index (χ3n) is 4.35. The zero-order chi connectivity index (χ0) is 18.1. The van der Waals surface area contributed by atoms with Gasteiger partial charge in [0.15, 0.2) is 0 Å². The molecule has 0 aliphatic heterocycles. The van der Waals surface area contributed by atoms with Gasteiger partial charge in [-0.25, -0.2) is 4.98 Å². The summed E-state index contributed by atoms with van der Waals surface area (Å²) in [4.78, 5) is 30.5. The van der Waals surface area contributed by atoms with Crippen LogP contribution in [0.15, 0.2) is 0 Å². The first kappa shape index (κ1) is 18.9. The summed E-state index contributed by atoms with van der Waals surface area (Å²) in [6.45, 7) is 10.9. The Kier molecular flexibility index (Phi) is 5.65. The lowest BCUT2D eigenvalue weighted by atomic mass is 9.85. The molecule has 0 aromatic carbocycles. The van der Waals surface area contributed by atoms with Crippen LogP contribution in [0.4, 0.5) is 0 Å². The number of carbonyl (C=O) groups excluding carboxylic acids is 1. The van der Waals surface area contributed by atoms with Gasteiger partial charge in [0.25, 0.3) is 5.91 Å². The Hall–Kier alpha value is -1.47. The maximum Gasteiger partial charge on any atom is 0.317 e. The van der Waals surface area contributed by atoms with Gasteiger partial charge in [-0.3, -0.25) is 14.5 Å². The van der Waals surface area contributed by atoms with Gasteiger partial charge in [-0.1, -0.05) is 27.7 Å². The molecular weight excluding hydrogens is 326 g/mol. The average molecular weight is 353 g/mol. The summed E-state index contributed by atoms with van der Waals surface area (Å²) in [6, 6.07) is 0.356. The predicted octanol–water partition coefficient (Wildman–Crippen LogP) is 2.42. The Balaban J connectivity index is 1.91. The van der Waals surface area contributed by atoms with Gasteiger partial charge in [0.05, 0.1) is 17.2 Å². The first-order valence-electron chi connectivity index (χ1n) is 8.36. The molecule has 7 heteroatoms. The van der Waals surface area contributed by atoms with Gasteiger partial charge < -0.3 is 10.4 Å². The first-order valence-corrected chi connectivity index (χ1v) is 9.18. The van der Waals surface area contributed by atoms with Crippen molar-refractivity contribution < 1.29 is 14.7 Å². The molecular formula is C17H27N3O3S. The molecule has 0 saturated heterocycles. The SMILES string of the molecule is CCN(CC(=O)O)C1CC(NC(=O)c2sc(C(C)(C)C)nc2C)C1. The van der Waals surface area contributed by atoms with E-state index in [2.05, 4.69) is 31.1 Å². The van der Waals surface area contributed by atoms with E-state index < -0.39 is 5.97 Å². The second-order valence-electron chi connectivity index (χ2n) is 7.44. The molecule has 0 atom stereocenters. The first-order chi connectivity index (χ1) is 11.1. The molecule has 1 aliphatic rings. The number of nitrogens with one attached hydrogen (secondary N) is 1. The van der Waals surface area contributed by atoms with Crippen molar-refractivity contribution in [2.75, 3.05) is 13.1 Å². The molecule has 2 rings (SSSR count). The molecule has 6 nitrogen and oxygen atoms in total. The highest BCUT2D eigenvalue weighted by Gasteiger charge is 2.35. The van der Waals surface area contributed by atoms with Gasteiger partial charge in [0.2, 0.25) is 0 Å². The number of likely N-dealkylation sites (N-methyl/N-ethyl adjacent to an activating group) is 1. The molecule has 1 aromatic heterocycles. The number of hydrogen-bond acceptors (Lipinski definition) is 5. The number of rotatable bonds is 6. The minimum absolute atomic E-state index is 0.0602. The number of carboxylic acids is 1. The summed E-state index contributed by atoms with van der Waals surface area (Å²) in [5.41, 5.74) is 0.716. The van der Waals surface area contributed by atoms with Crippen molar-refractivity contribution >= 4 is 23.2 Å². The quantitative estimate of drug-likeness (QED) is 0.821. The number of aliphatic carboxylic acids is 1. The van der Waals surface area contributed by atoms with Crippen molar-refractivity contribution in [1.82, 2.24) is 15.2 Å². The lowest BCUT2D eigenvalue weighted by Crippen LogP contribution is -2.54. The summed E-state index contributed by atoms with van der Waals surface area (Å²) in [5.74, 6) is -0.871. The van der Waals surface area contributed by atoms with E-state index in [0.717, 1.165) is 23.5 Å². The van der Waals surface area contributed by atoms with Crippen LogP contribution in [0.3, 0.4) is 0 Å². The molecule has 2 N–H and O–H groups in total. The highest BCUT2D eigenvalue weighted by Crippen LogP contribution is 2.30. The van der Waals surface area contributed by atoms with E-state index in [-0.39, 0.29) is 30.0 Å². The molecule has 1 aromatic rings. The van der Waals surface area contributed by atoms with Crippen molar-refractivity contribution in [3.8, 4) is 0 Å². The van der Waals surface area contributed by atoms with Crippen LogP contribution in [0.25, 0.3) is 0 Å². The zero-order valence-electron chi connectivity index (χ0n) is 15.0. The molecule has 0 unspecified atom stereocenters. The molecule has 1 aliphatic carbocycles. The number of aromatic nitrogens is 1. The Morgan fingerprint density at radius 2 is 2.00 bits per heavy atom. The van der Waals surface area contributed by atoms with Crippen LogP contribution in [0.1, 0.15) is 60.9 Å². The summed E-state index contributed by atoms with van der Waals surface area (Å²) >= 11 is 1.46. The number of hydrogen-bond donors (Lipinski definition) is 2. The number of thiazole rings is 1. The molecule has 1 heterocycles. The van der Waals surface area contributed by atoms with E-state index in [1.165, 1.54) is 11.3 Å². The third kappa shape index (κ3) is 4.33. The predicted molar refractivity (Wildman–Crippen MR) is 94.7 cm³/mol. The Morgan fingerprint density at radius 3 is 2.46 bits per heavy atom. The van der Waals surface area contributed by atoms with Gasteiger partial charge in [-0.2, -0.15) is 0 Å². The second-order valence-corrected chi connectivity index (χ2v) is 8.44. The van der Waals surface area contributed by atoms with Gasteiger partial charge >= 0.3 is 5.97 Å². The molecule has 0 bridgehead atoms. The summed E-state index contributed by atoms with van der Waals surface area (Å²) < 4.78 is 0. The van der Waals surface area contributed by atoms with Gasteiger partial charge in [-0.05, 0) is 26.3 Å². The van der Waals surface area contributed by atoms with Crippen LogP contribution in [0.5, 0.6) is 0 Å². The van der Waals surface area contributed by atoms with Crippen LogP contribution in [0.2, 0.25) is 0 Å². The van der Waals surface area contributed by atoms with Gasteiger partial charge in [0.1, 0.15) is 4.88 Å². The Bertz CT molecular complexity index is 615. The van der Waals surface area contributed by atoms with E-state index >= 15 is 0 Å². The van der Waals surface area contributed by atoms with Gasteiger partial charge in [0, 0.05) is 17.5 Å². The van der Waals surface area contributed by atoms with Gasteiger partial charge in [-0.15, -0.1) is 11.3 Å². The summed E-state index contributed by atoms with van der Waals surface area (Å²) in [5, 5.41) is 13.0. The molecule has 1 amide bonds. The van der Waals surface area contributed by atoms with Crippen molar-refractivity contribution in [1.29, 1.82) is 0 Å². The lowest BCUT2D eigenvalue weighted by Gasteiger charge is -2.42. The largest absolute Gasteiger partial charge is 0.480 e. The normalized spacial score (nSPS) is 20.8. The minimum Gasteiger partial charge on any atom is -0.480 e. The van der Waals surface area contributed by atoms with E-state index in [1.54, 1.807) is 0 Å². The monoisotopic (exact) mass is 353 g/mol. The number of carbonyl (C=O) groups is 2. The fourth-order valence-electron chi connectivity index (χ4n) is 2.86. The maximum absolute atomic E-state index is 12.5. The van der Waals surface area contributed by atoms with Crippen LogP contribution in [-0.2, 0) is 10.2 Å². The second kappa shape index (κ2) is 7.19. The highest BCUT2D eigenvalue weighted by molar-refractivity contribution is 7.14. The van der Waals surface area contributed by atoms with Crippen molar-refractivity contribution in [2.45, 2.75) is 65.0 Å². The van der Waals surface area contributed by atoms with E-state index in [4.69, 9.17) is 5.11 Å². The summed E-state index contributed by atoms with van der Waals surface area (Å²) in [7, 11) is 0. The smallest absolute Gasteiger partial charge is 0.317 e. The maximum atomic E-state index is 12.5. The van der Waals surface area contributed by atoms with Crippen molar-refractivity contribution in [3.63, 3.8) is 0 Å². The minimum atomic E-state index is -0.806. The number of amides is 1. The number of carboxylic acid groups (broad SMARTS) is 1. The molecule has 0 radical (unpaired) electrons. The van der Waals surface area contributed by atoms with Crippen LogP contribution < -0.4 is 5.32 Å². The van der Waals surface area contributed by atoms with E-state index in [1.807, 2.05) is 18.7 Å². The van der Waals surface area contributed by atoms with Crippen molar-refractivity contribution in [3.05, 3.63) is 15.6 Å². The molecule has 134 valence electrons. The zero-order valence-corrected chi connectivity index (χ0v) is 15.9. The fourth-order valence-corrected chi connectivity index (χ4v) is 3.88. The molecule has 1 saturated carbocycles. The van der Waals surface area contributed by atoms with Crippen molar-refractivity contribution in [2.24, 2.45) is 0 Å². The fraction of sp³-hybridized carbons (Fsp3) is 0.706. The molecule has 1 fully saturated rings. The number of nitrogens with zero attached hydrogens (tertiary/aromatic N) is 2. The Morgan fingerprint density at radius 1 is 1.38 bits per heavy atom. The molecule has 0 spiro atoms. The van der Waals surface area contributed by atoms with E-state index in [9.17, 15) is 9.59 Å². The summed E-state index contributed by atoms with van der Waals surface area (Å²) in [6.07, 6.45) is 1.60. The van der Waals surface area contributed by atoms with Crippen LogP contribution in [0, 0.1) is 6.92 Å².